The molecule has 3 rings (SSSR count). The van der Waals surface area contributed by atoms with Crippen LogP contribution in [-0.4, -0.2) is 20.3 Å². The van der Waals surface area contributed by atoms with Crippen molar-refractivity contribution in [2.75, 3.05) is 5.01 Å². The number of benzene rings is 2. The maximum absolute atomic E-state index is 5.87. The van der Waals surface area contributed by atoms with Gasteiger partial charge in [0.2, 0.25) is 5.11 Å². The Labute approximate surface area is 144 Å². The molecule has 0 saturated heterocycles. The van der Waals surface area contributed by atoms with Crippen LogP contribution in [0, 0.1) is 0 Å². The van der Waals surface area contributed by atoms with E-state index in [-0.39, 0.29) is 11.1 Å². The van der Waals surface area contributed by atoms with Crippen molar-refractivity contribution < 1.29 is 0 Å². The molecule has 0 spiro atoms. The largest absolute Gasteiger partial charge is 0.299 e. The molecule has 0 aliphatic heterocycles. The van der Waals surface area contributed by atoms with Crippen LogP contribution in [0.5, 0.6) is 0 Å². The van der Waals surface area contributed by atoms with Crippen molar-refractivity contribution >= 4 is 23.3 Å². The topological polar surface area (TPSA) is 106 Å². The van der Waals surface area contributed by atoms with Gasteiger partial charge in [-0.25, -0.2) is 21.7 Å². The van der Waals surface area contributed by atoms with Crippen LogP contribution in [0.2, 0.25) is 0 Å². The lowest BCUT2D eigenvalue weighted by molar-refractivity contribution is 0.894. The Hall–Kier alpha value is -2.94. The van der Waals surface area contributed by atoms with Crippen molar-refractivity contribution in [2.45, 2.75) is 0 Å². The summed E-state index contributed by atoms with van der Waals surface area (Å²) in [5, 5.41) is 9.53. The summed E-state index contributed by atoms with van der Waals surface area (Å²) in [6, 6.07) is 19.4. The molecule has 7 nitrogen and oxygen atoms in total. The molecule has 1 heterocycles. The fourth-order valence-electron chi connectivity index (χ4n) is 2.17. The van der Waals surface area contributed by atoms with Gasteiger partial charge in [-0.1, -0.05) is 60.7 Å². The van der Waals surface area contributed by atoms with Crippen LogP contribution in [0.25, 0.3) is 22.5 Å². The average molecular weight is 337 g/mol. The third-order valence-corrected chi connectivity index (χ3v) is 3.64. The predicted molar refractivity (Wildman–Crippen MR) is 97.3 cm³/mol. The fraction of sp³-hybridized carbons (Fsp3) is 0. The molecule has 24 heavy (non-hydrogen) atoms. The second kappa shape index (κ2) is 7.09. The van der Waals surface area contributed by atoms with Crippen LogP contribution in [0.15, 0.2) is 60.7 Å². The maximum Gasteiger partial charge on any atom is 0.266 e. The molecule has 0 radical (unpaired) electrons. The maximum atomic E-state index is 5.87. The Balaban J connectivity index is 2.15. The highest BCUT2D eigenvalue weighted by atomic mass is 32.1. The van der Waals surface area contributed by atoms with Crippen molar-refractivity contribution in [3.63, 3.8) is 0 Å². The number of aromatic nitrogens is 3. The van der Waals surface area contributed by atoms with Gasteiger partial charge in [0, 0.05) is 11.1 Å². The van der Waals surface area contributed by atoms with Crippen LogP contribution in [0.3, 0.4) is 0 Å². The van der Waals surface area contributed by atoms with Gasteiger partial charge in [-0.3, -0.25) is 5.43 Å². The third kappa shape index (κ3) is 3.20. The van der Waals surface area contributed by atoms with E-state index in [0.717, 1.165) is 16.1 Å². The van der Waals surface area contributed by atoms with Crippen LogP contribution < -0.4 is 22.1 Å². The van der Waals surface area contributed by atoms with Crippen molar-refractivity contribution in [3.05, 3.63) is 60.7 Å². The molecule has 0 amide bonds. The lowest BCUT2D eigenvalue weighted by Gasteiger charge is -2.17. The summed E-state index contributed by atoms with van der Waals surface area (Å²) in [5.41, 5.74) is 5.41. The molecule has 0 aliphatic rings. The molecular formula is C16H15N7S. The average Bonchev–Trinajstić information content (AvgIpc) is 2.67. The molecule has 8 heteroatoms. The standard InChI is InChI=1S/C16H15N7S/c17-20-16(24)23(18)15-19-13(11-7-3-1-4-8-11)14(21-22-15)12-9-5-2-6-10-12/h1-10H,17-18H2,(H,20,24). The minimum Gasteiger partial charge on any atom is -0.299 e. The Bertz CT molecular complexity index is 840. The van der Waals surface area contributed by atoms with E-state index in [4.69, 9.17) is 23.9 Å². The summed E-state index contributed by atoms with van der Waals surface area (Å²) >= 11 is 5.00. The Morgan fingerprint density at radius 3 is 1.96 bits per heavy atom. The van der Waals surface area contributed by atoms with Gasteiger partial charge >= 0.3 is 0 Å². The highest BCUT2D eigenvalue weighted by Gasteiger charge is 2.17. The minimum atomic E-state index is 0.0864. The van der Waals surface area contributed by atoms with Crippen LogP contribution in [-0.2, 0) is 0 Å². The van der Waals surface area contributed by atoms with E-state index < -0.39 is 0 Å². The molecule has 5 N–H and O–H groups in total. The second-order valence-corrected chi connectivity index (χ2v) is 5.25. The minimum absolute atomic E-state index is 0.0864. The molecule has 0 atom stereocenters. The first-order valence-electron chi connectivity index (χ1n) is 7.11. The molecule has 3 aromatic rings. The van der Waals surface area contributed by atoms with Gasteiger partial charge in [0.15, 0.2) is 0 Å². The van der Waals surface area contributed by atoms with Gasteiger partial charge in [0.25, 0.3) is 5.95 Å². The zero-order valence-corrected chi connectivity index (χ0v) is 13.4. The van der Waals surface area contributed by atoms with Gasteiger partial charge in [-0.2, -0.15) is 0 Å². The van der Waals surface area contributed by atoms with Crippen LogP contribution >= 0.6 is 12.2 Å². The summed E-state index contributed by atoms with van der Waals surface area (Å²) in [5.74, 6) is 11.3. The van der Waals surface area contributed by atoms with Gasteiger partial charge in [-0.05, 0) is 12.2 Å². The highest BCUT2D eigenvalue weighted by molar-refractivity contribution is 7.80. The molecule has 0 aliphatic carbocycles. The van der Waals surface area contributed by atoms with Gasteiger partial charge in [0.1, 0.15) is 11.4 Å². The van der Waals surface area contributed by atoms with Crippen LogP contribution in [0.1, 0.15) is 0 Å². The first-order valence-corrected chi connectivity index (χ1v) is 7.52. The van der Waals surface area contributed by atoms with E-state index in [2.05, 4.69) is 20.6 Å². The Morgan fingerprint density at radius 2 is 1.42 bits per heavy atom. The quantitative estimate of drug-likeness (QED) is 0.376. The van der Waals surface area contributed by atoms with Crippen molar-refractivity contribution in [2.24, 2.45) is 11.7 Å². The Morgan fingerprint density at radius 1 is 0.875 bits per heavy atom. The number of nitrogens with one attached hydrogen (secondary N) is 1. The van der Waals surface area contributed by atoms with Crippen molar-refractivity contribution in [1.29, 1.82) is 0 Å². The molecular weight excluding hydrogens is 322 g/mol. The number of hydrogen-bond donors (Lipinski definition) is 3. The second-order valence-electron chi connectivity index (χ2n) is 4.86. The Kier molecular flexibility index (Phi) is 4.71. The summed E-state index contributed by atoms with van der Waals surface area (Å²) in [6.45, 7) is 0. The van der Waals surface area contributed by atoms with E-state index in [0.29, 0.717) is 11.4 Å². The summed E-state index contributed by atoms with van der Waals surface area (Å²) in [4.78, 5) is 4.53. The lowest BCUT2D eigenvalue weighted by atomic mass is 10.0. The highest BCUT2D eigenvalue weighted by Crippen LogP contribution is 2.28. The number of hydrogen-bond acceptors (Lipinski definition) is 6. The first kappa shape index (κ1) is 15.9. The number of nitrogens with two attached hydrogens (primary N) is 2. The number of thiocarbonyl (C=S) groups is 1. The molecule has 0 fully saturated rings. The number of rotatable bonds is 3. The number of nitrogens with zero attached hydrogens (tertiary/aromatic N) is 4. The molecule has 0 saturated carbocycles. The van der Waals surface area contributed by atoms with E-state index in [9.17, 15) is 0 Å². The van der Waals surface area contributed by atoms with Gasteiger partial charge < -0.3 is 0 Å². The SMILES string of the molecule is NNC(=S)N(N)c1nnc(-c2ccccc2)c(-c2ccccc2)n1. The van der Waals surface area contributed by atoms with Gasteiger partial charge in [0.05, 0.1) is 0 Å². The zero-order valence-electron chi connectivity index (χ0n) is 12.6. The van der Waals surface area contributed by atoms with E-state index in [1.165, 1.54) is 0 Å². The van der Waals surface area contributed by atoms with E-state index in [1.807, 2.05) is 60.7 Å². The summed E-state index contributed by atoms with van der Waals surface area (Å²) in [6.07, 6.45) is 0. The third-order valence-electron chi connectivity index (χ3n) is 3.33. The molecule has 0 unspecified atom stereocenters. The molecule has 2 aromatic carbocycles. The van der Waals surface area contributed by atoms with E-state index >= 15 is 0 Å². The van der Waals surface area contributed by atoms with Crippen molar-refractivity contribution in [3.8, 4) is 22.5 Å². The smallest absolute Gasteiger partial charge is 0.266 e. The summed E-state index contributed by atoms with van der Waals surface area (Å²) in [7, 11) is 0. The fourth-order valence-corrected chi connectivity index (χ4v) is 2.25. The predicted octanol–water partition coefficient (Wildman–Crippen LogP) is 1.63. The zero-order chi connectivity index (χ0) is 16.9. The van der Waals surface area contributed by atoms with Crippen LogP contribution in [0.4, 0.5) is 5.95 Å². The van der Waals surface area contributed by atoms with E-state index in [1.54, 1.807) is 0 Å². The summed E-state index contributed by atoms with van der Waals surface area (Å²) < 4.78 is 0. The lowest BCUT2D eigenvalue weighted by Crippen LogP contribution is -2.48. The number of anilines is 1. The molecule has 0 bridgehead atoms. The molecule has 120 valence electrons. The monoisotopic (exact) mass is 337 g/mol. The number of hydrazine groups is 2. The van der Waals surface area contributed by atoms with Crippen molar-refractivity contribution in [1.82, 2.24) is 20.6 Å². The normalized spacial score (nSPS) is 10.2. The molecule has 1 aromatic heterocycles. The first-order chi connectivity index (χ1) is 11.7. The van der Waals surface area contributed by atoms with Gasteiger partial charge in [-0.15, -0.1) is 10.2 Å².